The number of carboxylic acids is 1. The van der Waals surface area contributed by atoms with Crippen LogP contribution in [0.2, 0.25) is 0 Å². The van der Waals surface area contributed by atoms with Crippen molar-refractivity contribution in [1.29, 1.82) is 0 Å². The van der Waals surface area contributed by atoms with Crippen molar-refractivity contribution in [2.45, 2.75) is 24.8 Å². The highest BCUT2D eigenvalue weighted by atomic mass is 16.5. The van der Waals surface area contributed by atoms with E-state index < -0.39 is 18.1 Å². The molecular formula is C33H27NO4. The molecule has 0 unspecified atom stereocenters. The summed E-state index contributed by atoms with van der Waals surface area (Å²) in [7, 11) is 0. The smallest absolute Gasteiger partial charge is 0.407 e. The second-order valence-electron chi connectivity index (χ2n) is 9.70. The third-order valence-corrected chi connectivity index (χ3v) is 7.49. The lowest BCUT2D eigenvalue weighted by atomic mass is 9.94. The summed E-state index contributed by atoms with van der Waals surface area (Å²) in [5.74, 6) is -1.16. The molecule has 6 rings (SSSR count). The highest BCUT2D eigenvalue weighted by Gasteiger charge is 2.29. The van der Waals surface area contributed by atoms with E-state index in [0.717, 1.165) is 44.0 Å². The molecule has 0 heterocycles. The Morgan fingerprint density at radius 2 is 1.34 bits per heavy atom. The van der Waals surface area contributed by atoms with Crippen LogP contribution in [0.5, 0.6) is 0 Å². The van der Waals surface area contributed by atoms with Crippen molar-refractivity contribution < 1.29 is 19.4 Å². The van der Waals surface area contributed by atoms with Crippen LogP contribution >= 0.6 is 0 Å². The average Bonchev–Trinajstić information content (AvgIpc) is 3.27. The second kappa shape index (κ2) is 10.0. The quantitative estimate of drug-likeness (QED) is 0.238. The summed E-state index contributed by atoms with van der Waals surface area (Å²) < 4.78 is 5.59. The molecule has 5 nitrogen and oxygen atoms in total. The Kier molecular flexibility index (Phi) is 6.26. The number of carbonyl (C=O) groups excluding carboxylic acids is 1. The summed E-state index contributed by atoms with van der Waals surface area (Å²) in [6.07, 6.45) is 0.0380. The van der Waals surface area contributed by atoms with Gasteiger partial charge in [-0.05, 0) is 62.2 Å². The fourth-order valence-corrected chi connectivity index (χ4v) is 5.68. The van der Waals surface area contributed by atoms with E-state index in [0.29, 0.717) is 6.42 Å². The Balaban J connectivity index is 1.15. The van der Waals surface area contributed by atoms with Crippen LogP contribution in [0.25, 0.3) is 32.7 Å². The minimum absolute atomic E-state index is 0.0830. The van der Waals surface area contributed by atoms with Crippen LogP contribution in [-0.4, -0.2) is 29.8 Å². The molecule has 0 radical (unpaired) electrons. The number of benzene rings is 5. The molecule has 5 aromatic carbocycles. The first kappa shape index (κ1) is 23.7. The summed E-state index contributed by atoms with van der Waals surface area (Å²) in [5.41, 5.74) is 5.56. The van der Waals surface area contributed by atoms with Gasteiger partial charge in [-0.25, -0.2) is 9.59 Å². The minimum Gasteiger partial charge on any atom is -0.480 e. The summed E-state index contributed by atoms with van der Waals surface area (Å²) in [5, 5.41) is 16.9. The van der Waals surface area contributed by atoms with Gasteiger partial charge in [0.25, 0.3) is 0 Å². The van der Waals surface area contributed by atoms with Crippen LogP contribution < -0.4 is 5.32 Å². The maximum Gasteiger partial charge on any atom is 0.407 e. The first-order chi connectivity index (χ1) is 18.6. The van der Waals surface area contributed by atoms with E-state index in [-0.39, 0.29) is 18.9 Å². The van der Waals surface area contributed by atoms with Gasteiger partial charge in [0, 0.05) is 5.92 Å². The highest BCUT2D eigenvalue weighted by molar-refractivity contribution is 6.09. The van der Waals surface area contributed by atoms with Crippen LogP contribution in [0.15, 0.2) is 103 Å². The number of carboxylic acid groups (broad SMARTS) is 1. The molecule has 1 aliphatic carbocycles. The predicted molar refractivity (Wildman–Crippen MR) is 149 cm³/mol. The van der Waals surface area contributed by atoms with E-state index in [1.54, 1.807) is 0 Å². The van der Waals surface area contributed by atoms with E-state index in [1.807, 2.05) is 48.5 Å². The molecule has 5 aromatic rings. The van der Waals surface area contributed by atoms with Crippen LogP contribution in [0.1, 0.15) is 29.0 Å². The van der Waals surface area contributed by atoms with Crippen molar-refractivity contribution in [3.63, 3.8) is 0 Å². The Morgan fingerprint density at radius 3 is 2.03 bits per heavy atom. The first-order valence-electron chi connectivity index (χ1n) is 12.8. The monoisotopic (exact) mass is 501 g/mol. The Hall–Kier alpha value is -4.64. The molecule has 0 bridgehead atoms. The Bertz CT molecular complexity index is 1630. The highest BCUT2D eigenvalue weighted by Crippen LogP contribution is 2.44. The summed E-state index contributed by atoms with van der Waals surface area (Å²) in [6.45, 7) is 0.140. The molecule has 1 atom stereocenters. The van der Waals surface area contributed by atoms with E-state index in [2.05, 4.69) is 59.9 Å². The standard InChI is InChI=1S/C33H27NO4/c35-32(36)31(18-17-22-19-21-9-1-2-10-23(21)25-12-4-3-11-24(22)25)34-33(37)38-20-30-28-15-7-5-13-26(28)27-14-6-8-16-29(27)30/h1-16,19,30-31H,17-18,20H2,(H,34,37)(H,35,36)/t31-/m0/s1. The van der Waals surface area contributed by atoms with Crippen molar-refractivity contribution in [2.75, 3.05) is 6.61 Å². The largest absolute Gasteiger partial charge is 0.480 e. The maximum atomic E-state index is 12.7. The molecule has 0 spiro atoms. The van der Waals surface area contributed by atoms with Crippen LogP contribution in [-0.2, 0) is 16.0 Å². The first-order valence-corrected chi connectivity index (χ1v) is 12.8. The second-order valence-corrected chi connectivity index (χ2v) is 9.70. The zero-order valence-electron chi connectivity index (χ0n) is 20.8. The van der Waals surface area contributed by atoms with Crippen LogP contribution in [0, 0.1) is 0 Å². The lowest BCUT2D eigenvalue weighted by Gasteiger charge is -2.18. The number of nitrogens with one attached hydrogen (secondary N) is 1. The van der Waals surface area contributed by atoms with Gasteiger partial charge in [-0.1, -0.05) is 103 Å². The van der Waals surface area contributed by atoms with Gasteiger partial charge in [0.1, 0.15) is 12.6 Å². The number of fused-ring (bicyclic) bond motifs is 6. The fraction of sp³-hybridized carbons (Fsp3) is 0.152. The van der Waals surface area contributed by atoms with Gasteiger partial charge in [-0.15, -0.1) is 0 Å². The molecule has 2 N–H and O–H groups in total. The molecule has 38 heavy (non-hydrogen) atoms. The third-order valence-electron chi connectivity index (χ3n) is 7.49. The lowest BCUT2D eigenvalue weighted by molar-refractivity contribution is -0.139. The molecule has 5 heteroatoms. The van der Waals surface area contributed by atoms with E-state index >= 15 is 0 Å². The molecule has 1 amide bonds. The van der Waals surface area contributed by atoms with Crippen molar-refractivity contribution in [3.05, 3.63) is 120 Å². The van der Waals surface area contributed by atoms with Crippen molar-refractivity contribution >= 4 is 33.6 Å². The van der Waals surface area contributed by atoms with E-state index in [4.69, 9.17) is 4.74 Å². The molecule has 0 saturated carbocycles. The number of amides is 1. The van der Waals surface area contributed by atoms with Gasteiger partial charge < -0.3 is 15.2 Å². The molecular weight excluding hydrogens is 474 g/mol. The molecule has 188 valence electrons. The maximum absolute atomic E-state index is 12.7. The van der Waals surface area contributed by atoms with E-state index in [9.17, 15) is 14.7 Å². The number of rotatable bonds is 7. The SMILES string of the molecule is O=C(N[C@@H](CCc1cc2ccccc2c2ccccc12)C(=O)O)OCC1c2ccccc2-c2ccccc21. The predicted octanol–water partition coefficient (Wildman–Crippen LogP) is 6.92. The van der Waals surface area contributed by atoms with E-state index in [1.165, 1.54) is 5.39 Å². The number of ether oxygens (including phenoxy) is 1. The number of hydrogen-bond acceptors (Lipinski definition) is 3. The van der Waals surface area contributed by atoms with Crippen molar-refractivity contribution in [3.8, 4) is 11.1 Å². The van der Waals surface area contributed by atoms with Gasteiger partial charge in [0.2, 0.25) is 0 Å². The number of aliphatic carboxylic acids is 1. The number of alkyl carbamates (subject to hydrolysis) is 1. The van der Waals surface area contributed by atoms with Crippen molar-refractivity contribution in [1.82, 2.24) is 5.32 Å². The molecule has 0 fully saturated rings. The zero-order valence-corrected chi connectivity index (χ0v) is 20.8. The molecule has 0 aromatic heterocycles. The summed E-state index contributed by atoms with van der Waals surface area (Å²) >= 11 is 0. The molecule has 1 aliphatic rings. The normalized spacial score (nSPS) is 13.2. The Labute approximate surface area is 220 Å². The fourth-order valence-electron chi connectivity index (χ4n) is 5.68. The Morgan fingerprint density at radius 1 is 0.763 bits per heavy atom. The summed E-state index contributed by atoms with van der Waals surface area (Å²) in [4.78, 5) is 24.8. The number of hydrogen-bond donors (Lipinski definition) is 2. The van der Waals surface area contributed by atoms with Gasteiger partial charge in [0.05, 0.1) is 0 Å². The number of carbonyl (C=O) groups is 2. The molecule has 0 aliphatic heterocycles. The van der Waals surface area contributed by atoms with Gasteiger partial charge >= 0.3 is 12.1 Å². The average molecular weight is 502 g/mol. The van der Waals surface area contributed by atoms with Crippen molar-refractivity contribution in [2.24, 2.45) is 0 Å². The zero-order chi connectivity index (χ0) is 26.1. The van der Waals surface area contributed by atoms with Gasteiger partial charge in [-0.3, -0.25) is 0 Å². The summed E-state index contributed by atoms with van der Waals surface area (Å²) in [6, 6.07) is 33.6. The topological polar surface area (TPSA) is 75.6 Å². The minimum atomic E-state index is -1.08. The van der Waals surface area contributed by atoms with Gasteiger partial charge in [0.15, 0.2) is 0 Å². The van der Waals surface area contributed by atoms with Gasteiger partial charge in [-0.2, -0.15) is 0 Å². The van der Waals surface area contributed by atoms with Crippen LogP contribution in [0.3, 0.4) is 0 Å². The van der Waals surface area contributed by atoms with Crippen LogP contribution in [0.4, 0.5) is 4.79 Å². The third kappa shape index (κ3) is 4.37. The molecule has 0 saturated heterocycles. The number of aryl methyl sites for hydroxylation is 1. The lowest BCUT2D eigenvalue weighted by Crippen LogP contribution is -2.41.